The van der Waals surface area contributed by atoms with Crippen LogP contribution in [0.3, 0.4) is 0 Å². The van der Waals surface area contributed by atoms with Gasteiger partial charge in [-0.3, -0.25) is 0 Å². The number of hydrogen-bond acceptors (Lipinski definition) is 4. The smallest absolute Gasteiger partial charge is 0.170 e. The molecule has 0 aliphatic carbocycles. The second kappa shape index (κ2) is 5.38. The van der Waals surface area contributed by atoms with Crippen LogP contribution in [0.15, 0.2) is 22.7 Å². The minimum absolute atomic E-state index is 0.0317. The Hall–Kier alpha value is -1.27. The number of aryl methyl sites for hydroxylation is 1. The molecule has 1 aromatic carbocycles. The van der Waals surface area contributed by atoms with E-state index in [0.29, 0.717) is 6.54 Å². The molecule has 0 spiro atoms. The van der Waals surface area contributed by atoms with Crippen LogP contribution in [0.4, 0.5) is 0 Å². The van der Waals surface area contributed by atoms with Gasteiger partial charge in [-0.15, -0.1) is 5.10 Å². The Bertz CT molecular complexity index is 550. The van der Waals surface area contributed by atoms with Gasteiger partial charge in [-0.2, -0.15) is 4.68 Å². The van der Waals surface area contributed by atoms with E-state index in [4.69, 9.17) is 0 Å². The minimum atomic E-state index is 0.0317. The Morgan fingerprint density at radius 2 is 2.00 bits per heavy atom. The third-order valence-corrected chi connectivity index (χ3v) is 3.04. The summed E-state index contributed by atoms with van der Waals surface area (Å²) < 4.78 is 2.78. The molecular formula is C13H18BrN5. The zero-order valence-electron chi connectivity index (χ0n) is 11.6. The van der Waals surface area contributed by atoms with Gasteiger partial charge >= 0.3 is 0 Å². The molecule has 0 radical (unpaired) electrons. The average molecular weight is 324 g/mol. The van der Waals surface area contributed by atoms with Crippen molar-refractivity contribution in [2.24, 2.45) is 0 Å². The lowest BCUT2D eigenvalue weighted by atomic mass is 10.1. The van der Waals surface area contributed by atoms with E-state index in [1.165, 1.54) is 0 Å². The maximum atomic E-state index is 4.08. The normalized spacial score (nSPS) is 11.8. The maximum absolute atomic E-state index is 4.08. The first-order valence-electron chi connectivity index (χ1n) is 6.15. The number of nitrogens with zero attached hydrogens (tertiary/aromatic N) is 4. The Balaban J connectivity index is 2.28. The maximum Gasteiger partial charge on any atom is 0.170 e. The lowest BCUT2D eigenvalue weighted by Crippen LogP contribution is -2.35. The van der Waals surface area contributed by atoms with E-state index in [2.05, 4.69) is 69.7 Å². The molecule has 1 heterocycles. The van der Waals surface area contributed by atoms with E-state index < -0.39 is 0 Å². The van der Waals surface area contributed by atoms with E-state index in [1.807, 2.05) is 13.0 Å². The number of halogens is 1. The molecule has 5 nitrogen and oxygen atoms in total. The summed E-state index contributed by atoms with van der Waals surface area (Å²) in [5.41, 5.74) is 2.15. The second-order valence-electron chi connectivity index (χ2n) is 5.60. The number of hydrogen-bond donors (Lipinski definition) is 1. The molecule has 0 aliphatic heterocycles. The topological polar surface area (TPSA) is 55.6 Å². The highest BCUT2D eigenvalue weighted by molar-refractivity contribution is 9.10. The fourth-order valence-electron chi connectivity index (χ4n) is 1.70. The largest absolute Gasteiger partial charge is 0.305 e. The van der Waals surface area contributed by atoms with E-state index in [9.17, 15) is 0 Å². The van der Waals surface area contributed by atoms with Crippen molar-refractivity contribution < 1.29 is 0 Å². The zero-order chi connectivity index (χ0) is 14.0. The first-order valence-corrected chi connectivity index (χ1v) is 6.94. The molecule has 6 heteroatoms. The van der Waals surface area contributed by atoms with Gasteiger partial charge in [0.1, 0.15) is 0 Å². The number of rotatable bonds is 3. The van der Waals surface area contributed by atoms with Crippen molar-refractivity contribution in [3.05, 3.63) is 34.1 Å². The molecule has 0 saturated heterocycles. The predicted molar refractivity (Wildman–Crippen MR) is 78.2 cm³/mol. The Morgan fingerprint density at radius 1 is 1.26 bits per heavy atom. The van der Waals surface area contributed by atoms with Crippen molar-refractivity contribution in [2.75, 3.05) is 0 Å². The van der Waals surface area contributed by atoms with E-state index in [1.54, 1.807) is 4.68 Å². The Kier molecular flexibility index (Phi) is 4.01. The summed E-state index contributed by atoms with van der Waals surface area (Å²) in [6.07, 6.45) is 0. The van der Waals surface area contributed by atoms with Crippen LogP contribution >= 0.6 is 15.9 Å². The molecule has 0 atom stereocenters. The quantitative estimate of drug-likeness (QED) is 0.943. The average Bonchev–Trinajstić information content (AvgIpc) is 2.72. The van der Waals surface area contributed by atoms with Gasteiger partial charge in [0, 0.05) is 10.0 Å². The highest BCUT2D eigenvalue weighted by Gasteiger charge is 2.13. The molecule has 2 rings (SSSR count). The fraction of sp³-hybridized carbons (Fsp3) is 0.462. The van der Waals surface area contributed by atoms with Crippen molar-refractivity contribution in [1.29, 1.82) is 0 Å². The van der Waals surface area contributed by atoms with Crippen molar-refractivity contribution in [1.82, 2.24) is 25.5 Å². The van der Waals surface area contributed by atoms with Crippen LogP contribution in [0.1, 0.15) is 32.2 Å². The van der Waals surface area contributed by atoms with Gasteiger partial charge < -0.3 is 5.32 Å². The summed E-state index contributed by atoms with van der Waals surface area (Å²) in [6, 6.07) is 6.12. The van der Waals surface area contributed by atoms with Crippen molar-refractivity contribution in [3.63, 3.8) is 0 Å². The van der Waals surface area contributed by atoms with Gasteiger partial charge in [0.15, 0.2) is 5.82 Å². The van der Waals surface area contributed by atoms with Gasteiger partial charge in [-0.25, -0.2) is 0 Å². The van der Waals surface area contributed by atoms with Crippen LogP contribution in [0.25, 0.3) is 5.69 Å². The van der Waals surface area contributed by atoms with Crippen LogP contribution in [0.5, 0.6) is 0 Å². The third kappa shape index (κ3) is 3.84. The van der Waals surface area contributed by atoms with Gasteiger partial charge in [0.2, 0.25) is 0 Å². The molecule has 0 aliphatic rings. The molecule has 1 aromatic heterocycles. The summed E-state index contributed by atoms with van der Waals surface area (Å²) in [7, 11) is 0. The number of benzene rings is 1. The lowest BCUT2D eigenvalue weighted by Gasteiger charge is -2.19. The predicted octanol–water partition coefficient (Wildman–Crippen LogP) is 2.62. The summed E-state index contributed by atoms with van der Waals surface area (Å²) in [5.74, 6) is 0.799. The van der Waals surface area contributed by atoms with Gasteiger partial charge in [0.05, 0.1) is 12.2 Å². The molecule has 1 N–H and O–H groups in total. The Labute approximate surface area is 121 Å². The Morgan fingerprint density at radius 3 is 2.63 bits per heavy atom. The monoisotopic (exact) mass is 323 g/mol. The molecule has 102 valence electrons. The van der Waals surface area contributed by atoms with Crippen LogP contribution in [-0.2, 0) is 6.54 Å². The summed E-state index contributed by atoms with van der Waals surface area (Å²) in [4.78, 5) is 0. The van der Waals surface area contributed by atoms with E-state index in [-0.39, 0.29) is 5.54 Å². The lowest BCUT2D eigenvalue weighted by molar-refractivity contribution is 0.415. The zero-order valence-corrected chi connectivity index (χ0v) is 13.2. The molecule has 0 unspecified atom stereocenters. The SMILES string of the molecule is Cc1cc(Br)cc(-n2nnnc2CNC(C)(C)C)c1. The van der Waals surface area contributed by atoms with E-state index >= 15 is 0 Å². The highest BCUT2D eigenvalue weighted by Crippen LogP contribution is 2.18. The second-order valence-corrected chi connectivity index (χ2v) is 6.51. The molecule has 0 bridgehead atoms. The van der Waals surface area contributed by atoms with E-state index in [0.717, 1.165) is 21.5 Å². The highest BCUT2D eigenvalue weighted by atomic mass is 79.9. The number of tetrazole rings is 1. The van der Waals surface area contributed by atoms with Crippen molar-refractivity contribution in [3.8, 4) is 5.69 Å². The van der Waals surface area contributed by atoms with Crippen molar-refractivity contribution >= 4 is 15.9 Å². The summed E-state index contributed by atoms with van der Waals surface area (Å²) in [6.45, 7) is 9.02. The molecular weight excluding hydrogens is 306 g/mol. The number of nitrogens with one attached hydrogen (secondary N) is 1. The minimum Gasteiger partial charge on any atom is -0.305 e. The molecule has 19 heavy (non-hydrogen) atoms. The van der Waals surface area contributed by atoms with Crippen LogP contribution < -0.4 is 5.32 Å². The standard InChI is InChI=1S/C13H18BrN5/c1-9-5-10(14)7-11(6-9)19-12(16-17-18-19)8-15-13(2,3)4/h5-7,15H,8H2,1-4H3. The summed E-state index contributed by atoms with van der Waals surface area (Å²) >= 11 is 3.50. The summed E-state index contributed by atoms with van der Waals surface area (Å²) in [5, 5.41) is 15.3. The van der Waals surface area contributed by atoms with Gasteiger partial charge in [-0.1, -0.05) is 15.9 Å². The van der Waals surface area contributed by atoms with Gasteiger partial charge in [0.25, 0.3) is 0 Å². The van der Waals surface area contributed by atoms with Crippen LogP contribution in [0.2, 0.25) is 0 Å². The molecule has 0 fully saturated rings. The van der Waals surface area contributed by atoms with Gasteiger partial charge in [-0.05, 0) is 61.9 Å². The molecule has 0 amide bonds. The van der Waals surface area contributed by atoms with Crippen LogP contribution in [0, 0.1) is 6.92 Å². The number of aromatic nitrogens is 4. The van der Waals surface area contributed by atoms with Crippen LogP contribution in [-0.4, -0.2) is 25.7 Å². The van der Waals surface area contributed by atoms with Crippen molar-refractivity contribution in [2.45, 2.75) is 39.8 Å². The third-order valence-electron chi connectivity index (χ3n) is 2.58. The molecule has 0 saturated carbocycles. The fourth-order valence-corrected chi connectivity index (χ4v) is 2.30. The molecule has 2 aromatic rings. The first kappa shape index (κ1) is 14.1. The first-order chi connectivity index (χ1) is 8.85.